The molecule has 88 valence electrons. The fourth-order valence-electron chi connectivity index (χ4n) is 1.57. The molecule has 0 spiro atoms. The highest BCUT2D eigenvalue weighted by molar-refractivity contribution is 14.1. The van der Waals surface area contributed by atoms with Crippen LogP contribution in [-0.2, 0) is 13.0 Å². The minimum atomic E-state index is 0.630. The van der Waals surface area contributed by atoms with Crippen LogP contribution in [0.3, 0.4) is 0 Å². The quantitative estimate of drug-likeness (QED) is 0.750. The Labute approximate surface area is 116 Å². The van der Waals surface area contributed by atoms with Crippen LogP contribution in [0.15, 0.2) is 48.5 Å². The van der Waals surface area contributed by atoms with Crippen LogP contribution in [0.5, 0.6) is 5.75 Å². The van der Waals surface area contributed by atoms with Gasteiger partial charge in [-0.05, 0) is 64.4 Å². The summed E-state index contributed by atoms with van der Waals surface area (Å²) in [6.07, 6.45) is 1.08. The molecule has 17 heavy (non-hydrogen) atoms. The molecule has 0 aromatic heterocycles. The first-order valence-corrected chi connectivity index (χ1v) is 6.82. The SMILES string of the molecule is CCc1ccc(COc2ccc(I)cc2)cc1. The minimum Gasteiger partial charge on any atom is -0.489 e. The van der Waals surface area contributed by atoms with Crippen LogP contribution in [-0.4, -0.2) is 0 Å². The molecule has 0 bridgehead atoms. The third-order valence-electron chi connectivity index (χ3n) is 2.65. The molecule has 0 amide bonds. The Morgan fingerprint density at radius 3 is 2.06 bits per heavy atom. The van der Waals surface area contributed by atoms with E-state index < -0.39 is 0 Å². The zero-order chi connectivity index (χ0) is 12.1. The van der Waals surface area contributed by atoms with Gasteiger partial charge in [0.2, 0.25) is 0 Å². The van der Waals surface area contributed by atoms with Gasteiger partial charge in [0, 0.05) is 3.57 Å². The van der Waals surface area contributed by atoms with Gasteiger partial charge in [-0.15, -0.1) is 0 Å². The molecule has 1 nitrogen and oxygen atoms in total. The lowest BCUT2D eigenvalue weighted by Crippen LogP contribution is -1.95. The molecule has 0 heterocycles. The lowest BCUT2D eigenvalue weighted by molar-refractivity contribution is 0.306. The van der Waals surface area contributed by atoms with Gasteiger partial charge in [0.15, 0.2) is 0 Å². The number of rotatable bonds is 4. The molecule has 2 aromatic carbocycles. The Morgan fingerprint density at radius 1 is 0.882 bits per heavy atom. The van der Waals surface area contributed by atoms with Crippen molar-refractivity contribution in [3.63, 3.8) is 0 Å². The van der Waals surface area contributed by atoms with Gasteiger partial charge in [-0.25, -0.2) is 0 Å². The zero-order valence-corrected chi connectivity index (χ0v) is 12.0. The van der Waals surface area contributed by atoms with E-state index in [0.717, 1.165) is 12.2 Å². The van der Waals surface area contributed by atoms with Crippen LogP contribution in [0.25, 0.3) is 0 Å². The van der Waals surface area contributed by atoms with E-state index in [1.54, 1.807) is 0 Å². The van der Waals surface area contributed by atoms with Crippen molar-refractivity contribution in [2.45, 2.75) is 20.0 Å². The second kappa shape index (κ2) is 6.05. The predicted molar refractivity (Wildman–Crippen MR) is 79.3 cm³/mol. The van der Waals surface area contributed by atoms with Gasteiger partial charge >= 0.3 is 0 Å². The Bertz CT molecular complexity index is 459. The number of aryl methyl sites for hydroxylation is 1. The Hall–Kier alpha value is -1.03. The van der Waals surface area contributed by atoms with Gasteiger partial charge in [-0.3, -0.25) is 0 Å². The molecule has 0 aliphatic heterocycles. The molecule has 0 saturated heterocycles. The van der Waals surface area contributed by atoms with Gasteiger partial charge in [0.05, 0.1) is 0 Å². The second-order valence-electron chi connectivity index (χ2n) is 3.91. The summed E-state index contributed by atoms with van der Waals surface area (Å²) in [5, 5.41) is 0. The molecule has 0 aliphatic carbocycles. The largest absolute Gasteiger partial charge is 0.489 e. The van der Waals surface area contributed by atoms with E-state index in [9.17, 15) is 0 Å². The van der Waals surface area contributed by atoms with Crippen molar-refractivity contribution in [3.8, 4) is 5.75 Å². The lowest BCUT2D eigenvalue weighted by atomic mass is 10.1. The highest BCUT2D eigenvalue weighted by Crippen LogP contribution is 2.15. The zero-order valence-electron chi connectivity index (χ0n) is 9.82. The van der Waals surface area contributed by atoms with Gasteiger partial charge in [-0.2, -0.15) is 0 Å². The fourth-order valence-corrected chi connectivity index (χ4v) is 1.93. The summed E-state index contributed by atoms with van der Waals surface area (Å²) in [6, 6.07) is 16.7. The van der Waals surface area contributed by atoms with Crippen LogP contribution in [0.4, 0.5) is 0 Å². The Morgan fingerprint density at radius 2 is 1.47 bits per heavy atom. The van der Waals surface area contributed by atoms with Crippen LogP contribution in [0.1, 0.15) is 18.1 Å². The topological polar surface area (TPSA) is 9.23 Å². The molecule has 0 unspecified atom stereocenters. The van der Waals surface area contributed by atoms with Crippen LogP contribution in [0, 0.1) is 3.57 Å². The molecule has 0 aliphatic rings. The van der Waals surface area contributed by atoms with Crippen molar-refractivity contribution in [2.75, 3.05) is 0 Å². The summed E-state index contributed by atoms with van der Waals surface area (Å²) in [6.45, 7) is 2.79. The summed E-state index contributed by atoms with van der Waals surface area (Å²) < 4.78 is 6.94. The van der Waals surface area contributed by atoms with Gasteiger partial charge in [0.25, 0.3) is 0 Å². The average Bonchev–Trinajstić information content (AvgIpc) is 2.39. The highest BCUT2D eigenvalue weighted by atomic mass is 127. The molecular weight excluding hydrogens is 323 g/mol. The van der Waals surface area contributed by atoms with Crippen molar-refractivity contribution in [2.24, 2.45) is 0 Å². The highest BCUT2D eigenvalue weighted by Gasteiger charge is 1.96. The number of hydrogen-bond donors (Lipinski definition) is 0. The third kappa shape index (κ3) is 3.73. The number of halogens is 1. The maximum atomic E-state index is 5.72. The summed E-state index contributed by atoms with van der Waals surface area (Å²) in [5.41, 5.74) is 2.57. The third-order valence-corrected chi connectivity index (χ3v) is 3.37. The molecule has 2 heteroatoms. The van der Waals surface area contributed by atoms with Gasteiger partial charge in [0.1, 0.15) is 12.4 Å². The summed E-state index contributed by atoms with van der Waals surface area (Å²) >= 11 is 2.29. The maximum Gasteiger partial charge on any atom is 0.119 e. The average molecular weight is 338 g/mol. The minimum absolute atomic E-state index is 0.630. The van der Waals surface area contributed by atoms with E-state index in [-0.39, 0.29) is 0 Å². The summed E-state index contributed by atoms with van der Waals surface area (Å²) in [4.78, 5) is 0. The van der Waals surface area contributed by atoms with Crippen LogP contribution in [0.2, 0.25) is 0 Å². The molecule has 0 N–H and O–H groups in total. The molecule has 2 rings (SSSR count). The van der Waals surface area contributed by atoms with Crippen molar-refractivity contribution < 1.29 is 4.74 Å². The molecule has 0 atom stereocenters. The molecule has 0 fully saturated rings. The Balaban J connectivity index is 1.95. The van der Waals surface area contributed by atoms with Crippen molar-refractivity contribution >= 4 is 22.6 Å². The smallest absolute Gasteiger partial charge is 0.119 e. The van der Waals surface area contributed by atoms with Crippen molar-refractivity contribution in [1.82, 2.24) is 0 Å². The normalized spacial score (nSPS) is 10.2. The molecular formula is C15H15IO. The van der Waals surface area contributed by atoms with Crippen molar-refractivity contribution in [1.29, 1.82) is 0 Å². The van der Waals surface area contributed by atoms with Crippen molar-refractivity contribution in [3.05, 3.63) is 63.2 Å². The molecule has 0 saturated carbocycles. The van der Waals surface area contributed by atoms with E-state index in [1.165, 1.54) is 14.7 Å². The predicted octanol–water partition coefficient (Wildman–Crippen LogP) is 4.43. The fraction of sp³-hybridized carbons (Fsp3) is 0.200. The van der Waals surface area contributed by atoms with Gasteiger partial charge < -0.3 is 4.74 Å². The van der Waals surface area contributed by atoms with Crippen LogP contribution < -0.4 is 4.74 Å². The summed E-state index contributed by atoms with van der Waals surface area (Å²) in [5.74, 6) is 0.921. The van der Waals surface area contributed by atoms with E-state index in [2.05, 4.69) is 65.9 Å². The molecule has 0 radical (unpaired) electrons. The number of ether oxygens (including phenoxy) is 1. The first-order chi connectivity index (χ1) is 8.28. The monoisotopic (exact) mass is 338 g/mol. The van der Waals surface area contributed by atoms with E-state index >= 15 is 0 Å². The van der Waals surface area contributed by atoms with E-state index in [0.29, 0.717) is 6.61 Å². The lowest BCUT2D eigenvalue weighted by Gasteiger charge is -2.06. The number of hydrogen-bond acceptors (Lipinski definition) is 1. The van der Waals surface area contributed by atoms with Gasteiger partial charge in [-0.1, -0.05) is 31.2 Å². The first kappa shape index (κ1) is 12.4. The summed E-state index contributed by atoms with van der Waals surface area (Å²) in [7, 11) is 0. The Kier molecular flexibility index (Phi) is 4.42. The first-order valence-electron chi connectivity index (χ1n) is 5.74. The second-order valence-corrected chi connectivity index (χ2v) is 5.16. The van der Waals surface area contributed by atoms with Crippen LogP contribution >= 0.6 is 22.6 Å². The number of benzene rings is 2. The van der Waals surface area contributed by atoms with E-state index in [4.69, 9.17) is 4.74 Å². The maximum absolute atomic E-state index is 5.72. The standard InChI is InChI=1S/C15H15IO/c1-2-12-3-5-13(6-4-12)11-17-15-9-7-14(16)8-10-15/h3-10H,2,11H2,1H3. The molecule has 2 aromatic rings. The van der Waals surface area contributed by atoms with E-state index in [1.807, 2.05) is 12.1 Å².